The maximum absolute atomic E-state index is 11.3. The molecule has 2 rings (SSSR count). The summed E-state index contributed by atoms with van der Waals surface area (Å²) in [6.45, 7) is 0. The van der Waals surface area contributed by atoms with Gasteiger partial charge in [0.05, 0.1) is 17.8 Å². The first-order chi connectivity index (χ1) is 8.08. The van der Waals surface area contributed by atoms with Crippen molar-refractivity contribution in [2.75, 3.05) is 14.1 Å². The van der Waals surface area contributed by atoms with Crippen molar-refractivity contribution in [3.8, 4) is 0 Å². The van der Waals surface area contributed by atoms with E-state index < -0.39 is 0 Å². The summed E-state index contributed by atoms with van der Waals surface area (Å²) in [5.41, 5.74) is 7.45. The number of likely N-dealkylation sites (N-methyl/N-ethyl adjacent to an activating group) is 1. The van der Waals surface area contributed by atoms with Crippen LogP contribution in [0.4, 0.5) is 0 Å². The zero-order valence-corrected chi connectivity index (χ0v) is 9.97. The van der Waals surface area contributed by atoms with Crippen LogP contribution in [0.3, 0.4) is 0 Å². The second-order valence-electron chi connectivity index (χ2n) is 4.38. The first-order valence-corrected chi connectivity index (χ1v) is 5.45. The molecule has 0 aliphatic rings. The molecule has 0 aliphatic heterocycles. The summed E-state index contributed by atoms with van der Waals surface area (Å²) < 4.78 is 0. The molecule has 0 aliphatic carbocycles. The van der Waals surface area contributed by atoms with Gasteiger partial charge in [-0.25, -0.2) is 0 Å². The van der Waals surface area contributed by atoms with Crippen molar-refractivity contribution in [2.24, 2.45) is 5.73 Å². The van der Waals surface area contributed by atoms with Crippen molar-refractivity contribution in [1.82, 2.24) is 15.1 Å². The molecule has 0 radical (unpaired) electrons. The molecular formula is C12H16N4O. The number of rotatable bonds is 4. The van der Waals surface area contributed by atoms with Crippen LogP contribution in [0.2, 0.25) is 0 Å². The van der Waals surface area contributed by atoms with Crippen LogP contribution in [0, 0.1) is 0 Å². The average molecular weight is 232 g/mol. The normalized spacial score (nSPS) is 13.1. The van der Waals surface area contributed by atoms with Crippen molar-refractivity contribution in [3.05, 3.63) is 30.0 Å². The molecule has 90 valence electrons. The number of hydrogen-bond donors (Lipinski definition) is 2. The molecule has 17 heavy (non-hydrogen) atoms. The van der Waals surface area contributed by atoms with Crippen molar-refractivity contribution in [1.29, 1.82) is 0 Å². The van der Waals surface area contributed by atoms with E-state index >= 15 is 0 Å². The Morgan fingerprint density at radius 2 is 2.29 bits per heavy atom. The van der Waals surface area contributed by atoms with Gasteiger partial charge in [-0.15, -0.1) is 0 Å². The number of amides is 1. The van der Waals surface area contributed by atoms with Gasteiger partial charge in [0, 0.05) is 5.39 Å². The molecule has 1 aromatic carbocycles. The number of carbonyl (C=O) groups is 1. The standard InChI is InChI=1S/C12H16N4O/c1-16(2)11(12(13)17)6-8-3-4-10-9(5-8)7-14-15-10/h3-5,7,11H,6H2,1-2H3,(H2,13,17)(H,14,15)/t11-/m0/s1. The Morgan fingerprint density at radius 3 is 2.94 bits per heavy atom. The molecule has 1 atom stereocenters. The van der Waals surface area contributed by atoms with E-state index in [0.717, 1.165) is 16.5 Å². The first-order valence-electron chi connectivity index (χ1n) is 5.45. The molecule has 1 heterocycles. The van der Waals surface area contributed by atoms with E-state index in [9.17, 15) is 4.79 Å². The molecular weight excluding hydrogens is 216 g/mol. The summed E-state index contributed by atoms with van der Waals surface area (Å²) in [4.78, 5) is 13.2. The summed E-state index contributed by atoms with van der Waals surface area (Å²) >= 11 is 0. The van der Waals surface area contributed by atoms with Crippen LogP contribution < -0.4 is 5.73 Å². The smallest absolute Gasteiger partial charge is 0.235 e. The van der Waals surface area contributed by atoms with Gasteiger partial charge in [0.25, 0.3) is 0 Å². The maximum atomic E-state index is 11.3. The molecule has 0 saturated carbocycles. The van der Waals surface area contributed by atoms with Crippen molar-refractivity contribution >= 4 is 16.8 Å². The summed E-state index contributed by atoms with van der Waals surface area (Å²) in [6, 6.07) is 5.70. The van der Waals surface area contributed by atoms with Crippen LogP contribution >= 0.6 is 0 Å². The Balaban J connectivity index is 2.24. The predicted octanol–water partition coefficient (Wildman–Crippen LogP) is 0.521. The summed E-state index contributed by atoms with van der Waals surface area (Å²) in [5, 5.41) is 7.90. The monoisotopic (exact) mass is 232 g/mol. The minimum Gasteiger partial charge on any atom is -0.368 e. The number of nitrogens with one attached hydrogen (secondary N) is 1. The lowest BCUT2D eigenvalue weighted by atomic mass is 10.0. The fourth-order valence-corrected chi connectivity index (χ4v) is 1.88. The number of aromatic nitrogens is 2. The van der Waals surface area contributed by atoms with Gasteiger partial charge in [-0.05, 0) is 38.2 Å². The van der Waals surface area contributed by atoms with Gasteiger partial charge in [-0.2, -0.15) is 5.10 Å². The zero-order chi connectivity index (χ0) is 12.4. The lowest BCUT2D eigenvalue weighted by Crippen LogP contribution is -2.41. The SMILES string of the molecule is CN(C)[C@@H](Cc1ccc2[nH]ncc2c1)C(N)=O. The molecule has 0 fully saturated rings. The Bertz CT molecular complexity index is 532. The van der Waals surface area contributed by atoms with Gasteiger partial charge in [-0.1, -0.05) is 6.07 Å². The molecule has 3 N–H and O–H groups in total. The number of aromatic amines is 1. The molecule has 0 saturated heterocycles. The molecule has 5 nitrogen and oxygen atoms in total. The average Bonchev–Trinajstić information content (AvgIpc) is 2.71. The van der Waals surface area contributed by atoms with Crippen LogP contribution in [0.15, 0.2) is 24.4 Å². The van der Waals surface area contributed by atoms with E-state index in [2.05, 4.69) is 10.2 Å². The number of fused-ring (bicyclic) bond motifs is 1. The highest BCUT2D eigenvalue weighted by atomic mass is 16.1. The highest BCUT2D eigenvalue weighted by Gasteiger charge is 2.18. The maximum Gasteiger partial charge on any atom is 0.235 e. The first kappa shape index (κ1) is 11.6. The largest absolute Gasteiger partial charge is 0.368 e. The molecule has 0 unspecified atom stereocenters. The molecule has 0 bridgehead atoms. The fraction of sp³-hybridized carbons (Fsp3) is 0.333. The van der Waals surface area contributed by atoms with Crippen LogP contribution in [0.1, 0.15) is 5.56 Å². The van der Waals surface area contributed by atoms with E-state index in [1.807, 2.05) is 37.2 Å². The molecule has 2 aromatic rings. The minimum absolute atomic E-state index is 0.278. The Morgan fingerprint density at radius 1 is 1.53 bits per heavy atom. The van der Waals surface area contributed by atoms with Crippen molar-refractivity contribution < 1.29 is 4.79 Å². The van der Waals surface area contributed by atoms with Crippen molar-refractivity contribution in [2.45, 2.75) is 12.5 Å². The van der Waals surface area contributed by atoms with E-state index in [1.54, 1.807) is 6.20 Å². The van der Waals surface area contributed by atoms with Crippen LogP contribution in [-0.4, -0.2) is 41.1 Å². The predicted molar refractivity (Wildman–Crippen MR) is 66.5 cm³/mol. The van der Waals surface area contributed by atoms with E-state index in [0.29, 0.717) is 6.42 Å². The number of benzene rings is 1. The quantitative estimate of drug-likeness (QED) is 0.807. The second kappa shape index (κ2) is 4.55. The number of hydrogen-bond acceptors (Lipinski definition) is 3. The topological polar surface area (TPSA) is 75.0 Å². The Labute approximate surface area is 99.6 Å². The molecule has 1 amide bonds. The second-order valence-corrected chi connectivity index (χ2v) is 4.38. The lowest BCUT2D eigenvalue weighted by Gasteiger charge is -2.20. The highest BCUT2D eigenvalue weighted by Crippen LogP contribution is 2.15. The Hall–Kier alpha value is -1.88. The van der Waals surface area contributed by atoms with Gasteiger partial charge < -0.3 is 5.73 Å². The molecule has 5 heteroatoms. The van der Waals surface area contributed by atoms with Crippen LogP contribution in [0.25, 0.3) is 10.9 Å². The zero-order valence-electron chi connectivity index (χ0n) is 9.97. The van der Waals surface area contributed by atoms with Crippen molar-refractivity contribution in [3.63, 3.8) is 0 Å². The number of primary amides is 1. The minimum atomic E-state index is -0.303. The highest BCUT2D eigenvalue weighted by molar-refractivity contribution is 5.81. The van der Waals surface area contributed by atoms with Crippen LogP contribution in [-0.2, 0) is 11.2 Å². The summed E-state index contributed by atoms with van der Waals surface area (Å²) in [5.74, 6) is -0.303. The molecule has 1 aromatic heterocycles. The van der Waals surface area contributed by atoms with Gasteiger partial charge >= 0.3 is 0 Å². The van der Waals surface area contributed by atoms with E-state index in [4.69, 9.17) is 5.73 Å². The third-order valence-electron chi connectivity index (χ3n) is 2.89. The number of carbonyl (C=O) groups excluding carboxylic acids is 1. The lowest BCUT2D eigenvalue weighted by molar-refractivity contribution is -0.122. The summed E-state index contributed by atoms with van der Waals surface area (Å²) in [6.07, 6.45) is 2.39. The van der Waals surface area contributed by atoms with E-state index in [-0.39, 0.29) is 11.9 Å². The third kappa shape index (κ3) is 2.45. The third-order valence-corrected chi connectivity index (χ3v) is 2.89. The fourth-order valence-electron chi connectivity index (χ4n) is 1.88. The van der Waals surface area contributed by atoms with Gasteiger partial charge in [0.1, 0.15) is 0 Å². The molecule has 0 spiro atoms. The Kier molecular flexibility index (Phi) is 3.10. The van der Waals surface area contributed by atoms with E-state index in [1.165, 1.54) is 0 Å². The summed E-state index contributed by atoms with van der Waals surface area (Å²) in [7, 11) is 3.71. The van der Waals surface area contributed by atoms with Crippen LogP contribution in [0.5, 0.6) is 0 Å². The van der Waals surface area contributed by atoms with Gasteiger partial charge in [0.2, 0.25) is 5.91 Å². The number of nitrogens with zero attached hydrogens (tertiary/aromatic N) is 2. The number of H-pyrrole nitrogens is 1. The van der Waals surface area contributed by atoms with Gasteiger partial charge in [0.15, 0.2) is 0 Å². The number of nitrogens with two attached hydrogens (primary N) is 1. The van der Waals surface area contributed by atoms with Gasteiger partial charge in [-0.3, -0.25) is 14.8 Å².